The summed E-state index contributed by atoms with van der Waals surface area (Å²) in [6.45, 7) is 2.27. The van der Waals surface area contributed by atoms with E-state index < -0.39 is 0 Å². The topological polar surface area (TPSA) is 26.1 Å². The maximum atomic E-state index is 12.6. The van der Waals surface area contributed by atoms with Gasteiger partial charge >= 0.3 is 0 Å². The molecule has 1 atom stereocenters. The van der Waals surface area contributed by atoms with Crippen molar-refractivity contribution in [2.24, 2.45) is 0 Å². The molecule has 0 N–H and O–H groups in total. The molecule has 2 heteroatoms. The van der Waals surface area contributed by atoms with Crippen LogP contribution in [0.15, 0.2) is 24.3 Å². The van der Waals surface area contributed by atoms with Crippen molar-refractivity contribution in [3.63, 3.8) is 0 Å². The third-order valence-electron chi connectivity index (χ3n) is 4.72. The van der Waals surface area contributed by atoms with Crippen LogP contribution in [0.25, 0.3) is 0 Å². The van der Waals surface area contributed by atoms with Gasteiger partial charge in [0, 0.05) is 24.8 Å². The number of hydrogen-bond acceptors (Lipinski definition) is 1. The molecule has 2 aliphatic rings. The molecule has 0 bridgehead atoms. The van der Waals surface area contributed by atoms with E-state index in [4.69, 9.17) is 0 Å². The van der Waals surface area contributed by atoms with E-state index in [1.807, 2.05) is 12.3 Å². The van der Waals surface area contributed by atoms with Gasteiger partial charge in [-0.05, 0) is 30.4 Å². The van der Waals surface area contributed by atoms with Crippen molar-refractivity contribution in [1.29, 1.82) is 0 Å². The summed E-state index contributed by atoms with van der Waals surface area (Å²) in [4.78, 5) is 0. The minimum atomic E-state index is -0.128. The lowest BCUT2D eigenvalue weighted by atomic mass is 9.75. The van der Waals surface area contributed by atoms with Gasteiger partial charge < -0.3 is 5.21 Å². The summed E-state index contributed by atoms with van der Waals surface area (Å²) in [7, 11) is 0. The fourth-order valence-corrected chi connectivity index (χ4v) is 3.74. The van der Waals surface area contributed by atoms with Crippen LogP contribution >= 0.6 is 0 Å². The minimum absolute atomic E-state index is 0.128. The zero-order valence-corrected chi connectivity index (χ0v) is 11.1. The highest BCUT2D eigenvalue weighted by Gasteiger charge is 2.43. The summed E-state index contributed by atoms with van der Waals surface area (Å²) in [5.41, 5.74) is 2.32. The van der Waals surface area contributed by atoms with Crippen LogP contribution in [-0.2, 0) is 0 Å². The standard InChI is InChI=1S/C16H21NO/c1-13-11-16(9-5-2-6-10-16)17(18)12-14-7-3-4-8-15(13)14/h3-4,7-8,12-13H,2,5-6,9-11H2,1H3/t13-/m1/s1. The number of fused-ring (bicyclic) bond motifs is 1. The third-order valence-corrected chi connectivity index (χ3v) is 4.72. The van der Waals surface area contributed by atoms with Crippen LogP contribution in [0.4, 0.5) is 0 Å². The van der Waals surface area contributed by atoms with Crippen LogP contribution in [0.2, 0.25) is 0 Å². The first-order chi connectivity index (χ1) is 8.71. The van der Waals surface area contributed by atoms with Gasteiger partial charge in [0.25, 0.3) is 0 Å². The summed E-state index contributed by atoms with van der Waals surface area (Å²) < 4.78 is 1.29. The Morgan fingerprint density at radius 3 is 2.67 bits per heavy atom. The van der Waals surface area contributed by atoms with E-state index in [-0.39, 0.29) is 5.54 Å². The molecule has 1 heterocycles. The van der Waals surface area contributed by atoms with E-state index >= 15 is 0 Å². The summed E-state index contributed by atoms with van der Waals surface area (Å²) in [5, 5.41) is 12.6. The number of rotatable bonds is 0. The van der Waals surface area contributed by atoms with Crippen LogP contribution in [0.3, 0.4) is 0 Å². The van der Waals surface area contributed by atoms with Gasteiger partial charge in [-0.3, -0.25) is 0 Å². The van der Waals surface area contributed by atoms with Gasteiger partial charge in [0.2, 0.25) is 0 Å². The lowest BCUT2D eigenvalue weighted by Gasteiger charge is -2.35. The Bertz CT molecular complexity index is 472. The van der Waals surface area contributed by atoms with E-state index in [0.29, 0.717) is 5.92 Å². The van der Waals surface area contributed by atoms with Crippen LogP contribution in [-0.4, -0.2) is 16.5 Å². The molecule has 1 aliphatic heterocycles. The molecule has 0 unspecified atom stereocenters. The van der Waals surface area contributed by atoms with Gasteiger partial charge in [0.15, 0.2) is 11.8 Å². The molecule has 1 fully saturated rings. The summed E-state index contributed by atoms with van der Waals surface area (Å²) in [6, 6.07) is 8.34. The number of hydroxylamine groups is 1. The van der Waals surface area contributed by atoms with Crippen molar-refractivity contribution in [2.75, 3.05) is 0 Å². The van der Waals surface area contributed by atoms with Crippen molar-refractivity contribution in [3.8, 4) is 0 Å². The first kappa shape index (κ1) is 11.8. The van der Waals surface area contributed by atoms with Gasteiger partial charge in [-0.2, -0.15) is 0 Å². The molecule has 1 saturated carbocycles. The molecular formula is C16H21NO. The molecule has 18 heavy (non-hydrogen) atoms. The Hall–Kier alpha value is -1.31. The first-order valence-electron chi connectivity index (χ1n) is 7.12. The number of nitrogens with zero attached hydrogens (tertiary/aromatic N) is 1. The zero-order valence-electron chi connectivity index (χ0n) is 11.1. The molecule has 1 aliphatic carbocycles. The third kappa shape index (κ3) is 1.84. The fourth-order valence-electron chi connectivity index (χ4n) is 3.74. The van der Waals surface area contributed by atoms with Crippen molar-refractivity contribution in [3.05, 3.63) is 40.6 Å². The molecule has 0 aromatic heterocycles. The molecule has 1 aromatic carbocycles. The number of hydrogen-bond donors (Lipinski definition) is 0. The molecule has 0 amide bonds. The Morgan fingerprint density at radius 2 is 1.89 bits per heavy atom. The summed E-state index contributed by atoms with van der Waals surface area (Å²) in [5.74, 6) is 0.481. The number of benzene rings is 1. The highest BCUT2D eigenvalue weighted by atomic mass is 16.5. The van der Waals surface area contributed by atoms with Gasteiger partial charge in [-0.15, -0.1) is 0 Å². The van der Waals surface area contributed by atoms with Crippen molar-refractivity contribution in [1.82, 2.24) is 0 Å². The quantitative estimate of drug-likeness (QED) is 0.502. The molecule has 0 radical (unpaired) electrons. The molecule has 3 rings (SSSR count). The average molecular weight is 243 g/mol. The molecule has 1 spiro atoms. The first-order valence-corrected chi connectivity index (χ1v) is 7.12. The predicted molar refractivity (Wildman–Crippen MR) is 74.1 cm³/mol. The van der Waals surface area contributed by atoms with Gasteiger partial charge in [-0.25, -0.2) is 4.74 Å². The Morgan fingerprint density at radius 1 is 1.17 bits per heavy atom. The second kappa shape index (κ2) is 4.42. The summed E-state index contributed by atoms with van der Waals surface area (Å²) in [6.07, 6.45) is 8.66. The lowest BCUT2D eigenvalue weighted by molar-refractivity contribution is -0.552. The highest BCUT2D eigenvalue weighted by molar-refractivity contribution is 5.79. The monoisotopic (exact) mass is 243 g/mol. The maximum absolute atomic E-state index is 12.6. The largest absolute Gasteiger partial charge is 0.623 e. The van der Waals surface area contributed by atoms with E-state index in [0.717, 1.165) is 24.8 Å². The normalized spacial score (nSPS) is 26.3. The van der Waals surface area contributed by atoms with E-state index in [9.17, 15) is 5.21 Å². The smallest absolute Gasteiger partial charge is 0.182 e. The van der Waals surface area contributed by atoms with Crippen LogP contribution in [0.5, 0.6) is 0 Å². The molecule has 0 saturated heterocycles. The second-order valence-electron chi connectivity index (χ2n) is 5.97. The molecule has 96 valence electrons. The van der Waals surface area contributed by atoms with Gasteiger partial charge in [0.05, 0.1) is 0 Å². The van der Waals surface area contributed by atoms with Crippen LogP contribution < -0.4 is 0 Å². The predicted octanol–water partition coefficient (Wildman–Crippen LogP) is 3.83. The molecule has 1 aromatic rings. The molecule has 2 nitrogen and oxygen atoms in total. The van der Waals surface area contributed by atoms with Crippen LogP contribution in [0, 0.1) is 5.21 Å². The van der Waals surface area contributed by atoms with E-state index in [2.05, 4.69) is 25.1 Å². The Kier molecular flexibility index (Phi) is 2.89. The maximum Gasteiger partial charge on any atom is 0.182 e. The molecular weight excluding hydrogens is 222 g/mol. The SMILES string of the molecule is C[C@@H]1CC2(CCCCC2)[N+]([O-])=Cc2ccccc21. The van der Waals surface area contributed by atoms with Crippen LogP contribution in [0.1, 0.15) is 62.5 Å². The lowest BCUT2D eigenvalue weighted by Crippen LogP contribution is -2.42. The Labute approximate surface area is 109 Å². The van der Waals surface area contributed by atoms with Crippen molar-refractivity contribution in [2.45, 2.75) is 56.9 Å². The summed E-state index contributed by atoms with van der Waals surface area (Å²) >= 11 is 0. The zero-order chi connectivity index (χ0) is 12.6. The Balaban J connectivity index is 2.04. The van der Waals surface area contributed by atoms with Crippen molar-refractivity contribution >= 4 is 6.21 Å². The fraction of sp³-hybridized carbons (Fsp3) is 0.562. The average Bonchev–Trinajstić information content (AvgIpc) is 2.48. The minimum Gasteiger partial charge on any atom is -0.623 e. The van der Waals surface area contributed by atoms with E-state index in [1.54, 1.807) is 0 Å². The van der Waals surface area contributed by atoms with Gasteiger partial charge in [0.1, 0.15) is 0 Å². The van der Waals surface area contributed by atoms with E-state index in [1.165, 1.54) is 29.6 Å². The second-order valence-corrected chi connectivity index (χ2v) is 5.97. The van der Waals surface area contributed by atoms with Crippen molar-refractivity contribution < 1.29 is 4.74 Å². The van der Waals surface area contributed by atoms with Gasteiger partial charge in [-0.1, -0.05) is 31.5 Å². The highest BCUT2D eigenvalue weighted by Crippen LogP contribution is 2.41.